The third-order valence-electron chi connectivity index (χ3n) is 3.73. The number of nitrogens with zero attached hydrogens (tertiary/aromatic N) is 3. The maximum Gasteiger partial charge on any atom is 0.249 e. The molecule has 0 saturated carbocycles. The summed E-state index contributed by atoms with van der Waals surface area (Å²) in [5.74, 6) is 1.07. The molecule has 0 fully saturated rings. The number of nitrogens with one attached hydrogen (secondary N) is 1. The number of hydrogen-bond donors (Lipinski definition) is 1. The highest BCUT2D eigenvalue weighted by atomic mass is 16.2. The van der Waals surface area contributed by atoms with Crippen LogP contribution >= 0.6 is 0 Å². The second kappa shape index (κ2) is 6.08. The average Bonchev–Trinajstić information content (AvgIpc) is 2.91. The predicted molar refractivity (Wildman–Crippen MR) is 83.8 cm³/mol. The number of amides is 1. The van der Waals surface area contributed by atoms with E-state index in [2.05, 4.69) is 15.4 Å². The summed E-state index contributed by atoms with van der Waals surface area (Å²) in [5, 5.41) is 7.18. The van der Waals surface area contributed by atoms with Gasteiger partial charge in [-0.25, -0.2) is 4.68 Å². The van der Waals surface area contributed by atoms with E-state index in [1.807, 2.05) is 58.0 Å². The summed E-state index contributed by atoms with van der Waals surface area (Å²) < 4.78 is 1.80. The maximum atomic E-state index is 12.2. The fourth-order valence-electron chi connectivity index (χ4n) is 1.85. The zero-order valence-corrected chi connectivity index (χ0v) is 13.1. The minimum absolute atomic E-state index is 0.0575. The first-order valence-corrected chi connectivity index (χ1v) is 7.29. The highest BCUT2D eigenvalue weighted by Crippen LogP contribution is 2.23. The SMILES string of the molecule is CCn1nc(NC(=O)C(C)(C)CC)nc1-c1ccccc1. The Morgan fingerprint density at radius 1 is 1.24 bits per heavy atom. The van der Waals surface area contributed by atoms with Crippen molar-refractivity contribution in [2.24, 2.45) is 5.41 Å². The van der Waals surface area contributed by atoms with Crippen LogP contribution in [0.15, 0.2) is 30.3 Å². The van der Waals surface area contributed by atoms with E-state index in [0.29, 0.717) is 12.5 Å². The van der Waals surface area contributed by atoms with Crippen molar-refractivity contribution in [3.05, 3.63) is 30.3 Å². The fraction of sp³-hybridized carbons (Fsp3) is 0.438. The number of benzene rings is 1. The summed E-state index contributed by atoms with van der Waals surface area (Å²) in [6.07, 6.45) is 0.763. The summed E-state index contributed by atoms with van der Waals surface area (Å²) >= 11 is 0. The van der Waals surface area contributed by atoms with E-state index in [-0.39, 0.29) is 5.91 Å². The van der Waals surface area contributed by atoms with Crippen molar-refractivity contribution < 1.29 is 4.79 Å². The van der Waals surface area contributed by atoms with Crippen molar-refractivity contribution >= 4 is 11.9 Å². The van der Waals surface area contributed by atoms with Gasteiger partial charge in [0.2, 0.25) is 11.9 Å². The Morgan fingerprint density at radius 3 is 2.48 bits per heavy atom. The van der Waals surface area contributed by atoms with E-state index in [0.717, 1.165) is 17.8 Å². The van der Waals surface area contributed by atoms with Crippen LogP contribution in [-0.2, 0) is 11.3 Å². The standard InChI is InChI=1S/C16H22N4O/c1-5-16(3,4)14(21)18-15-17-13(20(6-2)19-15)12-10-8-7-9-11-12/h7-11H,5-6H2,1-4H3,(H,18,19,21). The lowest BCUT2D eigenvalue weighted by Gasteiger charge is -2.19. The number of carbonyl (C=O) groups is 1. The van der Waals surface area contributed by atoms with Gasteiger partial charge in [-0.1, -0.05) is 51.1 Å². The number of aryl methyl sites for hydroxylation is 1. The molecule has 2 rings (SSSR count). The molecule has 0 saturated heterocycles. The number of aromatic nitrogens is 3. The monoisotopic (exact) mass is 286 g/mol. The summed E-state index contributed by atoms with van der Waals surface area (Å²) in [6, 6.07) is 9.85. The Balaban J connectivity index is 2.28. The smallest absolute Gasteiger partial charge is 0.249 e. The molecule has 1 heterocycles. The lowest BCUT2D eigenvalue weighted by atomic mass is 9.89. The van der Waals surface area contributed by atoms with Gasteiger partial charge < -0.3 is 0 Å². The molecule has 0 bridgehead atoms. The summed E-state index contributed by atoms with van der Waals surface area (Å²) in [5.41, 5.74) is 0.562. The average molecular weight is 286 g/mol. The van der Waals surface area contributed by atoms with Crippen molar-refractivity contribution in [1.29, 1.82) is 0 Å². The molecule has 0 atom stereocenters. The lowest BCUT2D eigenvalue weighted by molar-refractivity contribution is -0.124. The molecule has 5 heteroatoms. The third-order valence-corrected chi connectivity index (χ3v) is 3.73. The van der Waals surface area contributed by atoms with Gasteiger partial charge in [-0.15, -0.1) is 5.10 Å². The number of carbonyl (C=O) groups excluding carboxylic acids is 1. The molecule has 0 radical (unpaired) electrons. The van der Waals surface area contributed by atoms with Crippen molar-refractivity contribution in [3.8, 4) is 11.4 Å². The van der Waals surface area contributed by atoms with E-state index in [4.69, 9.17) is 0 Å². The molecule has 112 valence electrons. The van der Waals surface area contributed by atoms with Gasteiger partial charge in [-0.3, -0.25) is 10.1 Å². The molecule has 0 spiro atoms. The third kappa shape index (κ3) is 3.29. The van der Waals surface area contributed by atoms with E-state index < -0.39 is 5.41 Å². The van der Waals surface area contributed by atoms with E-state index >= 15 is 0 Å². The molecule has 1 aromatic heterocycles. The van der Waals surface area contributed by atoms with Crippen LogP contribution in [0.25, 0.3) is 11.4 Å². The Hall–Kier alpha value is -2.17. The maximum absolute atomic E-state index is 12.2. The number of rotatable bonds is 5. The molecular weight excluding hydrogens is 264 g/mol. The van der Waals surface area contributed by atoms with Crippen molar-refractivity contribution in [3.63, 3.8) is 0 Å². The van der Waals surface area contributed by atoms with Crippen LogP contribution in [-0.4, -0.2) is 20.7 Å². The molecule has 1 N–H and O–H groups in total. The van der Waals surface area contributed by atoms with Crippen LogP contribution in [0.1, 0.15) is 34.1 Å². The zero-order chi connectivity index (χ0) is 15.5. The molecule has 5 nitrogen and oxygen atoms in total. The Bertz CT molecular complexity index is 616. The van der Waals surface area contributed by atoms with Crippen LogP contribution in [0, 0.1) is 5.41 Å². The molecule has 0 aliphatic carbocycles. The van der Waals surface area contributed by atoms with Crippen LogP contribution < -0.4 is 5.32 Å². The van der Waals surface area contributed by atoms with Gasteiger partial charge in [0.25, 0.3) is 0 Å². The van der Waals surface area contributed by atoms with Crippen LogP contribution in [0.5, 0.6) is 0 Å². The Kier molecular flexibility index (Phi) is 4.40. The van der Waals surface area contributed by atoms with Crippen LogP contribution in [0.2, 0.25) is 0 Å². The molecule has 1 aromatic carbocycles. The number of anilines is 1. The van der Waals surface area contributed by atoms with Gasteiger partial charge >= 0.3 is 0 Å². The van der Waals surface area contributed by atoms with Crippen molar-refractivity contribution in [1.82, 2.24) is 14.8 Å². The first kappa shape index (κ1) is 15.2. The number of hydrogen-bond acceptors (Lipinski definition) is 3. The van der Waals surface area contributed by atoms with Gasteiger partial charge in [-0.2, -0.15) is 4.98 Å². The quantitative estimate of drug-likeness (QED) is 0.917. The first-order chi connectivity index (χ1) is 9.97. The largest absolute Gasteiger partial charge is 0.293 e. The topological polar surface area (TPSA) is 59.8 Å². The van der Waals surface area contributed by atoms with Crippen molar-refractivity contribution in [2.75, 3.05) is 5.32 Å². The van der Waals surface area contributed by atoms with Crippen molar-refractivity contribution in [2.45, 2.75) is 40.7 Å². The van der Waals surface area contributed by atoms with E-state index in [1.165, 1.54) is 0 Å². The summed E-state index contributed by atoms with van der Waals surface area (Å²) in [4.78, 5) is 16.7. The summed E-state index contributed by atoms with van der Waals surface area (Å²) in [7, 11) is 0. The van der Waals surface area contributed by atoms with Gasteiger partial charge in [0.15, 0.2) is 5.82 Å². The normalized spacial score (nSPS) is 11.4. The van der Waals surface area contributed by atoms with Gasteiger partial charge in [0.05, 0.1) is 0 Å². The molecule has 0 aliphatic rings. The van der Waals surface area contributed by atoms with Gasteiger partial charge in [0.1, 0.15) is 0 Å². The second-order valence-corrected chi connectivity index (χ2v) is 5.63. The summed E-state index contributed by atoms with van der Waals surface area (Å²) in [6.45, 7) is 8.52. The molecule has 1 amide bonds. The molecule has 2 aromatic rings. The first-order valence-electron chi connectivity index (χ1n) is 7.29. The lowest BCUT2D eigenvalue weighted by Crippen LogP contribution is -2.30. The molecule has 0 aliphatic heterocycles. The van der Waals surface area contributed by atoms with E-state index in [1.54, 1.807) is 4.68 Å². The van der Waals surface area contributed by atoms with Gasteiger partial charge in [0, 0.05) is 17.5 Å². The van der Waals surface area contributed by atoms with E-state index in [9.17, 15) is 4.79 Å². The fourth-order valence-corrected chi connectivity index (χ4v) is 1.85. The minimum Gasteiger partial charge on any atom is -0.293 e. The molecule has 21 heavy (non-hydrogen) atoms. The zero-order valence-electron chi connectivity index (χ0n) is 13.1. The second-order valence-electron chi connectivity index (χ2n) is 5.63. The van der Waals surface area contributed by atoms with Crippen LogP contribution in [0.3, 0.4) is 0 Å². The predicted octanol–water partition coefficient (Wildman–Crippen LogP) is 3.34. The van der Waals surface area contributed by atoms with Gasteiger partial charge in [-0.05, 0) is 13.3 Å². The Morgan fingerprint density at radius 2 is 1.90 bits per heavy atom. The Labute approximate surface area is 125 Å². The molecular formula is C16H22N4O. The van der Waals surface area contributed by atoms with Crippen LogP contribution in [0.4, 0.5) is 5.95 Å². The molecule has 0 unspecified atom stereocenters. The highest BCUT2D eigenvalue weighted by molar-refractivity contribution is 5.93. The highest BCUT2D eigenvalue weighted by Gasteiger charge is 2.26. The minimum atomic E-state index is -0.426.